The van der Waals surface area contributed by atoms with Crippen molar-refractivity contribution < 1.29 is 9.90 Å². The molecule has 0 bridgehead atoms. The van der Waals surface area contributed by atoms with E-state index in [1.54, 1.807) is 4.90 Å². The Bertz CT molecular complexity index is 442. The second-order valence-electron chi connectivity index (χ2n) is 5.17. The fraction of sp³-hybridized carbons (Fsp3) is 0.533. The van der Waals surface area contributed by atoms with Gasteiger partial charge in [-0.15, -0.1) is 0 Å². The lowest BCUT2D eigenvalue weighted by Gasteiger charge is -2.29. The number of hydrogen-bond acceptors (Lipinski definition) is 2. The van der Waals surface area contributed by atoms with Crippen molar-refractivity contribution >= 4 is 5.91 Å². The van der Waals surface area contributed by atoms with Gasteiger partial charge in [-0.2, -0.15) is 0 Å². The van der Waals surface area contributed by atoms with Crippen LogP contribution in [0.1, 0.15) is 42.1 Å². The summed E-state index contributed by atoms with van der Waals surface area (Å²) in [6.07, 6.45) is 2.08. The van der Waals surface area contributed by atoms with Crippen molar-refractivity contribution in [3.8, 4) is 0 Å². The van der Waals surface area contributed by atoms with Crippen LogP contribution in [-0.4, -0.2) is 29.0 Å². The third-order valence-electron chi connectivity index (χ3n) is 3.61. The highest BCUT2D eigenvalue weighted by atomic mass is 16.3. The Balaban J connectivity index is 2.08. The molecule has 0 radical (unpaired) electrons. The number of piperidine rings is 1. The highest BCUT2D eigenvalue weighted by molar-refractivity contribution is 5.76. The molecule has 1 N–H and O–H groups in total. The van der Waals surface area contributed by atoms with Gasteiger partial charge in [-0.25, -0.2) is 0 Å². The van der Waals surface area contributed by atoms with Gasteiger partial charge in [0, 0.05) is 13.0 Å². The van der Waals surface area contributed by atoms with Crippen LogP contribution >= 0.6 is 0 Å². The zero-order valence-corrected chi connectivity index (χ0v) is 11.1. The molecule has 1 aromatic rings. The van der Waals surface area contributed by atoms with Gasteiger partial charge in [-0.3, -0.25) is 4.79 Å². The molecule has 0 aromatic heterocycles. The van der Waals surface area contributed by atoms with Crippen molar-refractivity contribution in [2.45, 2.75) is 39.2 Å². The van der Waals surface area contributed by atoms with E-state index >= 15 is 0 Å². The van der Waals surface area contributed by atoms with Gasteiger partial charge in [0.2, 0.25) is 5.91 Å². The molecule has 3 nitrogen and oxygen atoms in total. The molecule has 1 saturated heterocycles. The second-order valence-corrected chi connectivity index (χ2v) is 5.17. The summed E-state index contributed by atoms with van der Waals surface area (Å²) >= 11 is 0. The number of hydrogen-bond donors (Lipinski definition) is 1. The Morgan fingerprint density at radius 2 is 2.11 bits per heavy atom. The van der Waals surface area contributed by atoms with Crippen molar-refractivity contribution in [1.82, 2.24) is 4.90 Å². The normalized spacial score (nSPS) is 17.9. The molecule has 1 amide bonds. The van der Waals surface area contributed by atoms with Crippen LogP contribution in [0.4, 0.5) is 0 Å². The summed E-state index contributed by atoms with van der Waals surface area (Å²) in [5.74, 6) is 0.172. The molecule has 1 heterocycles. The molecule has 1 unspecified atom stereocenters. The second kappa shape index (κ2) is 5.53. The van der Waals surface area contributed by atoms with E-state index in [1.807, 2.05) is 32.0 Å². The largest absolute Gasteiger partial charge is 0.387 e. The van der Waals surface area contributed by atoms with Gasteiger partial charge in [0.05, 0.1) is 12.6 Å². The molecule has 0 aliphatic carbocycles. The minimum Gasteiger partial charge on any atom is -0.387 e. The van der Waals surface area contributed by atoms with Gasteiger partial charge in [-0.1, -0.05) is 23.8 Å². The van der Waals surface area contributed by atoms with Crippen LogP contribution in [0.3, 0.4) is 0 Å². The summed E-state index contributed by atoms with van der Waals surface area (Å²) in [7, 11) is 0. The number of β-amino-alcohol motifs (C(OH)–C–C–N with tert-alkyl or cyclic N) is 1. The Morgan fingerprint density at radius 1 is 1.33 bits per heavy atom. The number of carbonyl (C=O) groups excluding carboxylic acids is 1. The maximum Gasteiger partial charge on any atom is 0.222 e. The lowest BCUT2D eigenvalue weighted by Crippen LogP contribution is -2.38. The Labute approximate surface area is 108 Å². The zero-order valence-electron chi connectivity index (χ0n) is 11.1. The maximum atomic E-state index is 11.7. The van der Waals surface area contributed by atoms with Gasteiger partial charge in [-0.05, 0) is 37.8 Å². The molecule has 1 aromatic carbocycles. The predicted octanol–water partition coefficient (Wildman–Crippen LogP) is 2.35. The SMILES string of the molecule is Cc1ccc(C)c(C(O)CN2CCCCC2=O)c1. The number of aliphatic hydroxyl groups excluding tert-OH is 1. The number of carbonyl (C=O) groups is 1. The molecular weight excluding hydrogens is 226 g/mol. The van der Waals surface area contributed by atoms with Gasteiger partial charge < -0.3 is 10.0 Å². The first-order chi connectivity index (χ1) is 8.58. The number of likely N-dealkylation sites (tertiary alicyclic amines) is 1. The lowest BCUT2D eigenvalue weighted by molar-refractivity contribution is -0.134. The molecule has 18 heavy (non-hydrogen) atoms. The smallest absolute Gasteiger partial charge is 0.222 e. The van der Waals surface area contributed by atoms with Crippen LogP contribution in [0.15, 0.2) is 18.2 Å². The third kappa shape index (κ3) is 2.91. The first-order valence-electron chi connectivity index (χ1n) is 6.61. The summed E-state index contributed by atoms with van der Waals surface area (Å²) in [4.78, 5) is 13.5. The van der Waals surface area contributed by atoms with Gasteiger partial charge in [0.25, 0.3) is 0 Å². The summed E-state index contributed by atoms with van der Waals surface area (Å²) in [5, 5.41) is 10.3. The van der Waals surface area contributed by atoms with Crippen molar-refractivity contribution in [3.63, 3.8) is 0 Å². The van der Waals surface area contributed by atoms with E-state index in [0.717, 1.165) is 36.1 Å². The minimum absolute atomic E-state index is 0.172. The number of benzene rings is 1. The van der Waals surface area contributed by atoms with E-state index in [1.165, 1.54) is 0 Å². The van der Waals surface area contributed by atoms with Gasteiger partial charge in [0.15, 0.2) is 0 Å². The molecule has 0 saturated carbocycles. The molecule has 98 valence electrons. The van der Waals surface area contributed by atoms with E-state index in [2.05, 4.69) is 0 Å². The van der Waals surface area contributed by atoms with E-state index in [-0.39, 0.29) is 5.91 Å². The molecule has 1 aliphatic heterocycles. The van der Waals surface area contributed by atoms with E-state index in [0.29, 0.717) is 13.0 Å². The fourth-order valence-electron chi connectivity index (χ4n) is 2.48. The summed E-state index contributed by atoms with van der Waals surface area (Å²) in [5.41, 5.74) is 3.16. The van der Waals surface area contributed by atoms with Crippen LogP contribution in [0, 0.1) is 13.8 Å². The first-order valence-corrected chi connectivity index (χ1v) is 6.61. The van der Waals surface area contributed by atoms with Crippen LogP contribution in [0.5, 0.6) is 0 Å². The first kappa shape index (κ1) is 13.1. The van der Waals surface area contributed by atoms with E-state index in [4.69, 9.17) is 0 Å². The highest BCUT2D eigenvalue weighted by Gasteiger charge is 2.22. The Morgan fingerprint density at radius 3 is 2.83 bits per heavy atom. The number of amides is 1. The number of nitrogens with zero attached hydrogens (tertiary/aromatic N) is 1. The maximum absolute atomic E-state index is 11.7. The summed E-state index contributed by atoms with van der Waals surface area (Å²) in [6.45, 7) is 5.21. The average molecular weight is 247 g/mol. The van der Waals surface area contributed by atoms with Crippen LogP contribution in [0.25, 0.3) is 0 Å². The predicted molar refractivity (Wildman–Crippen MR) is 71.3 cm³/mol. The number of aliphatic hydroxyl groups is 1. The monoisotopic (exact) mass is 247 g/mol. The Hall–Kier alpha value is -1.35. The van der Waals surface area contributed by atoms with Crippen LogP contribution in [-0.2, 0) is 4.79 Å². The summed E-state index contributed by atoms with van der Waals surface area (Å²) in [6, 6.07) is 6.07. The topological polar surface area (TPSA) is 40.5 Å². The van der Waals surface area contributed by atoms with Crippen molar-refractivity contribution in [3.05, 3.63) is 34.9 Å². The van der Waals surface area contributed by atoms with E-state index < -0.39 is 6.10 Å². The van der Waals surface area contributed by atoms with Gasteiger partial charge >= 0.3 is 0 Å². The standard InChI is InChI=1S/C15H21NO2/c1-11-6-7-12(2)13(9-11)14(17)10-16-8-4-3-5-15(16)18/h6-7,9,14,17H,3-5,8,10H2,1-2H3. The van der Waals surface area contributed by atoms with Gasteiger partial charge in [0.1, 0.15) is 0 Å². The molecule has 3 heteroatoms. The fourth-order valence-corrected chi connectivity index (χ4v) is 2.48. The van der Waals surface area contributed by atoms with Crippen LogP contribution < -0.4 is 0 Å². The van der Waals surface area contributed by atoms with Crippen molar-refractivity contribution in [1.29, 1.82) is 0 Å². The summed E-state index contributed by atoms with van der Waals surface area (Å²) < 4.78 is 0. The minimum atomic E-state index is -0.577. The lowest BCUT2D eigenvalue weighted by atomic mass is 9.99. The van der Waals surface area contributed by atoms with E-state index in [9.17, 15) is 9.90 Å². The third-order valence-corrected chi connectivity index (χ3v) is 3.61. The number of aryl methyl sites for hydroxylation is 2. The molecule has 1 atom stereocenters. The molecular formula is C15H21NO2. The molecule has 2 rings (SSSR count). The molecule has 1 fully saturated rings. The quantitative estimate of drug-likeness (QED) is 0.890. The zero-order chi connectivity index (χ0) is 13.1. The number of rotatable bonds is 3. The molecule has 0 spiro atoms. The average Bonchev–Trinajstić information content (AvgIpc) is 2.35. The van der Waals surface area contributed by atoms with Crippen molar-refractivity contribution in [2.24, 2.45) is 0 Å². The van der Waals surface area contributed by atoms with Crippen molar-refractivity contribution in [2.75, 3.05) is 13.1 Å². The van der Waals surface area contributed by atoms with Crippen LogP contribution in [0.2, 0.25) is 0 Å². The molecule has 1 aliphatic rings. The highest BCUT2D eigenvalue weighted by Crippen LogP contribution is 2.22. The Kier molecular flexibility index (Phi) is 4.02.